The van der Waals surface area contributed by atoms with E-state index in [1.165, 1.54) is 32.2 Å². The zero-order valence-electron chi connectivity index (χ0n) is 10.4. The number of hydrogen-bond acceptors (Lipinski definition) is 0. The molecule has 0 N–H and O–H groups in total. The molecule has 1 aromatic heterocycles. The molecular weight excluding hydrogens is 184 g/mol. The van der Waals surface area contributed by atoms with Crippen molar-refractivity contribution in [1.82, 2.24) is 4.57 Å². The number of aryl methyl sites for hydroxylation is 1. The lowest BCUT2D eigenvalue weighted by Crippen LogP contribution is -2.33. The minimum atomic E-state index is 0.728. The molecule has 1 aromatic rings. The SMILES string of the molecule is CCCCCCn1cc[n+](CC(C)C)c1. The summed E-state index contributed by atoms with van der Waals surface area (Å²) in [4.78, 5) is 0. The average Bonchev–Trinajstić information content (AvgIpc) is 2.59. The third-order valence-corrected chi connectivity index (χ3v) is 2.59. The van der Waals surface area contributed by atoms with Gasteiger partial charge < -0.3 is 0 Å². The van der Waals surface area contributed by atoms with Gasteiger partial charge in [-0.2, -0.15) is 0 Å². The van der Waals surface area contributed by atoms with Crippen LogP contribution >= 0.6 is 0 Å². The van der Waals surface area contributed by atoms with Crippen LogP contribution in [0.2, 0.25) is 0 Å². The fraction of sp³-hybridized carbons (Fsp3) is 0.769. The molecule has 1 heterocycles. The highest BCUT2D eigenvalue weighted by molar-refractivity contribution is 4.66. The summed E-state index contributed by atoms with van der Waals surface area (Å²) in [5.41, 5.74) is 0. The first kappa shape index (κ1) is 12.3. The molecule has 0 bridgehead atoms. The molecule has 0 aliphatic carbocycles. The van der Waals surface area contributed by atoms with Crippen LogP contribution in [0.3, 0.4) is 0 Å². The number of unbranched alkanes of at least 4 members (excludes halogenated alkanes) is 3. The molecule has 86 valence electrons. The largest absolute Gasteiger partial charge is 0.243 e. The van der Waals surface area contributed by atoms with E-state index in [1.54, 1.807) is 0 Å². The molecular formula is C13H25N2+. The Balaban J connectivity index is 2.26. The summed E-state index contributed by atoms with van der Waals surface area (Å²) >= 11 is 0. The molecule has 2 nitrogen and oxygen atoms in total. The van der Waals surface area contributed by atoms with Crippen LogP contribution in [-0.2, 0) is 13.1 Å². The van der Waals surface area contributed by atoms with Crippen LogP contribution in [0, 0.1) is 5.92 Å². The van der Waals surface area contributed by atoms with Crippen molar-refractivity contribution in [2.75, 3.05) is 0 Å². The van der Waals surface area contributed by atoms with Crippen LogP contribution in [-0.4, -0.2) is 4.57 Å². The first-order chi connectivity index (χ1) is 7.22. The Bertz CT molecular complexity index is 263. The summed E-state index contributed by atoms with van der Waals surface area (Å²) in [5, 5.41) is 0. The van der Waals surface area contributed by atoms with Crippen molar-refractivity contribution in [3.8, 4) is 0 Å². The van der Waals surface area contributed by atoms with Crippen molar-refractivity contribution in [1.29, 1.82) is 0 Å². The monoisotopic (exact) mass is 209 g/mol. The van der Waals surface area contributed by atoms with Crippen molar-refractivity contribution < 1.29 is 4.57 Å². The van der Waals surface area contributed by atoms with Crippen LogP contribution in [0.1, 0.15) is 46.5 Å². The zero-order chi connectivity index (χ0) is 11.1. The highest BCUT2D eigenvalue weighted by Gasteiger charge is 2.04. The van der Waals surface area contributed by atoms with Gasteiger partial charge in [0.15, 0.2) is 0 Å². The Hall–Kier alpha value is -0.790. The van der Waals surface area contributed by atoms with E-state index >= 15 is 0 Å². The zero-order valence-corrected chi connectivity index (χ0v) is 10.4. The fourth-order valence-corrected chi connectivity index (χ4v) is 1.82. The van der Waals surface area contributed by atoms with Crippen LogP contribution in [0.4, 0.5) is 0 Å². The first-order valence-electron chi connectivity index (χ1n) is 6.27. The van der Waals surface area contributed by atoms with Gasteiger partial charge in [0.25, 0.3) is 0 Å². The number of hydrogen-bond donors (Lipinski definition) is 0. The maximum absolute atomic E-state index is 2.30. The lowest BCUT2D eigenvalue weighted by Gasteiger charge is -1.99. The Morgan fingerprint density at radius 3 is 2.67 bits per heavy atom. The Morgan fingerprint density at radius 1 is 1.20 bits per heavy atom. The van der Waals surface area contributed by atoms with Gasteiger partial charge in [-0.15, -0.1) is 0 Å². The predicted molar refractivity (Wildman–Crippen MR) is 63.6 cm³/mol. The molecule has 0 amide bonds. The second-order valence-electron chi connectivity index (χ2n) is 4.80. The highest BCUT2D eigenvalue weighted by Crippen LogP contribution is 2.01. The molecule has 0 atom stereocenters. The average molecular weight is 209 g/mol. The van der Waals surface area contributed by atoms with E-state index in [2.05, 4.69) is 48.6 Å². The molecule has 15 heavy (non-hydrogen) atoms. The summed E-state index contributed by atoms with van der Waals surface area (Å²) in [6.45, 7) is 9.07. The van der Waals surface area contributed by atoms with Gasteiger partial charge >= 0.3 is 0 Å². The summed E-state index contributed by atoms with van der Waals surface area (Å²) in [6.07, 6.45) is 12.0. The van der Waals surface area contributed by atoms with Gasteiger partial charge in [-0.05, 0) is 18.8 Å². The van der Waals surface area contributed by atoms with Crippen LogP contribution in [0.25, 0.3) is 0 Å². The van der Waals surface area contributed by atoms with E-state index in [4.69, 9.17) is 0 Å². The van der Waals surface area contributed by atoms with Crippen LogP contribution in [0.5, 0.6) is 0 Å². The maximum atomic E-state index is 2.30. The van der Waals surface area contributed by atoms with E-state index in [9.17, 15) is 0 Å². The Kier molecular flexibility index (Phi) is 5.44. The standard InChI is InChI=1S/C13H25N2/c1-4-5-6-7-8-14-9-10-15(12-14)11-13(2)3/h9-10,12-13H,4-8,11H2,1-3H3/q+1. The van der Waals surface area contributed by atoms with E-state index in [1.807, 2.05) is 0 Å². The molecule has 0 aliphatic heterocycles. The maximum Gasteiger partial charge on any atom is 0.243 e. The molecule has 0 spiro atoms. The molecule has 2 heteroatoms. The van der Waals surface area contributed by atoms with Gasteiger partial charge in [-0.1, -0.05) is 33.6 Å². The third-order valence-electron chi connectivity index (χ3n) is 2.59. The van der Waals surface area contributed by atoms with Gasteiger partial charge in [-0.3, -0.25) is 0 Å². The summed E-state index contributed by atoms with van der Waals surface area (Å²) < 4.78 is 4.59. The molecule has 0 aliphatic rings. The molecule has 0 unspecified atom stereocenters. The minimum absolute atomic E-state index is 0.728. The van der Waals surface area contributed by atoms with Crippen molar-refractivity contribution >= 4 is 0 Å². The quantitative estimate of drug-likeness (QED) is 0.482. The molecule has 0 aromatic carbocycles. The topological polar surface area (TPSA) is 8.81 Å². The lowest BCUT2D eigenvalue weighted by molar-refractivity contribution is -0.701. The van der Waals surface area contributed by atoms with Crippen molar-refractivity contribution in [2.24, 2.45) is 5.92 Å². The second-order valence-corrected chi connectivity index (χ2v) is 4.80. The van der Waals surface area contributed by atoms with Crippen LogP contribution in [0.15, 0.2) is 18.7 Å². The van der Waals surface area contributed by atoms with Gasteiger partial charge in [0.2, 0.25) is 6.33 Å². The number of imidazole rings is 1. The van der Waals surface area contributed by atoms with E-state index < -0.39 is 0 Å². The van der Waals surface area contributed by atoms with E-state index in [0.29, 0.717) is 0 Å². The molecule has 0 saturated carbocycles. The lowest BCUT2D eigenvalue weighted by atomic mass is 10.2. The summed E-state index contributed by atoms with van der Waals surface area (Å²) in [6, 6.07) is 0. The first-order valence-corrected chi connectivity index (χ1v) is 6.27. The fourth-order valence-electron chi connectivity index (χ4n) is 1.82. The predicted octanol–water partition coefficient (Wildman–Crippen LogP) is 3.01. The van der Waals surface area contributed by atoms with Gasteiger partial charge in [-0.25, -0.2) is 9.13 Å². The summed E-state index contributed by atoms with van der Waals surface area (Å²) in [5.74, 6) is 0.728. The van der Waals surface area contributed by atoms with Crippen LogP contribution < -0.4 is 4.57 Å². The molecule has 0 radical (unpaired) electrons. The van der Waals surface area contributed by atoms with Crippen molar-refractivity contribution in [3.63, 3.8) is 0 Å². The van der Waals surface area contributed by atoms with Crippen molar-refractivity contribution in [3.05, 3.63) is 18.7 Å². The molecule has 0 fully saturated rings. The number of aromatic nitrogens is 2. The van der Waals surface area contributed by atoms with Gasteiger partial charge in [0.1, 0.15) is 12.4 Å². The number of nitrogens with zero attached hydrogens (tertiary/aromatic N) is 2. The van der Waals surface area contributed by atoms with Crippen molar-refractivity contribution in [2.45, 2.75) is 59.5 Å². The van der Waals surface area contributed by atoms with Gasteiger partial charge in [0, 0.05) is 0 Å². The molecule has 0 saturated heterocycles. The van der Waals surface area contributed by atoms with Gasteiger partial charge in [0.05, 0.1) is 13.1 Å². The highest BCUT2D eigenvalue weighted by atomic mass is 15.1. The summed E-state index contributed by atoms with van der Waals surface area (Å²) in [7, 11) is 0. The smallest absolute Gasteiger partial charge is 0.237 e. The van der Waals surface area contributed by atoms with E-state index in [0.717, 1.165) is 12.5 Å². The number of rotatable bonds is 7. The third kappa shape index (κ3) is 5.01. The Morgan fingerprint density at radius 2 is 2.00 bits per heavy atom. The minimum Gasteiger partial charge on any atom is -0.237 e. The normalized spacial score (nSPS) is 11.2. The Labute approximate surface area is 93.9 Å². The molecule has 1 rings (SSSR count). The van der Waals surface area contributed by atoms with E-state index in [-0.39, 0.29) is 0 Å². The second kappa shape index (κ2) is 6.65.